The minimum Gasteiger partial charge on any atom is -0.392 e. The van der Waals surface area contributed by atoms with Crippen molar-refractivity contribution in [2.45, 2.75) is 51.8 Å². The van der Waals surface area contributed by atoms with E-state index in [1.165, 1.54) is 0 Å². The van der Waals surface area contributed by atoms with Crippen LogP contribution in [-0.2, 0) is 4.79 Å². The molecule has 13 heavy (non-hydrogen) atoms. The Morgan fingerprint density at radius 2 is 2.08 bits per heavy atom. The first-order chi connectivity index (χ1) is 5.81. The molecule has 0 rings (SSSR count). The molecule has 78 valence electrons. The quantitative estimate of drug-likeness (QED) is 0.568. The molecule has 0 radical (unpaired) electrons. The van der Waals surface area contributed by atoms with Crippen LogP contribution in [0.25, 0.3) is 0 Å². The van der Waals surface area contributed by atoms with Crippen molar-refractivity contribution in [2.75, 3.05) is 0 Å². The van der Waals surface area contributed by atoms with Gasteiger partial charge in [-0.1, -0.05) is 6.92 Å². The Morgan fingerprint density at radius 3 is 2.31 bits per heavy atom. The summed E-state index contributed by atoms with van der Waals surface area (Å²) in [6, 6.07) is -0.371. The molecule has 4 heteroatoms. The standard InChI is InChI=1S/C9H20N2O2/c1-5-7(8(10)13)11-9(3,4)6(2)12/h6-7,11-12H,5H2,1-4H3,(H2,10,13). The van der Waals surface area contributed by atoms with E-state index in [-0.39, 0.29) is 11.9 Å². The Balaban J connectivity index is 4.30. The van der Waals surface area contributed by atoms with Gasteiger partial charge in [0.2, 0.25) is 5.91 Å². The first-order valence-electron chi connectivity index (χ1n) is 4.56. The molecule has 0 saturated carbocycles. The number of nitrogens with two attached hydrogens (primary N) is 1. The number of amides is 1. The van der Waals surface area contributed by atoms with Crippen molar-refractivity contribution in [1.82, 2.24) is 5.32 Å². The highest BCUT2D eigenvalue weighted by molar-refractivity contribution is 5.79. The molecular formula is C9H20N2O2. The molecule has 0 aliphatic heterocycles. The molecule has 0 aromatic heterocycles. The minimum absolute atomic E-state index is 0.371. The lowest BCUT2D eigenvalue weighted by molar-refractivity contribution is -0.120. The van der Waals surface area contributed by atoms with Crippen LogP contribution in [0.2, 0.25) is 0 Å². The van der Waals surface area contributed by atoms with Gasteiger partial charge in [0.25, 0.3) is 0 Å². The Bertz CT molecular complexity index is 178. The summed E-state index contributed by atoms with van der Waals surface area (Å²) in [4.78, 5) is 10.9. The number of nitrogens with one attached hydrogen (secondary N) is 1. The third-order valence-corrected chi connectivity index (χ3v) is 2.34. The van der Waals surface area contributed by atoms with Gasteiger partial charge >= 0.3 is 0 Å². The summed E-state index contributed by atoms with van der Waals surface area (Å²) >= 11 is 0. The fourth-order valence-corrected chi connectivity index (χ4v) is 0.944. The second-order valence-electron chi connectivity index (χ2n) is 3.91. The van der Waals surface area contributed by atoms with E-state index >= 15 is 0 Å². The number of aliphatic hydroxyl groups excluding tert-OH is 1. The summed E-state index contributed by atoms with van der Waals surface area (Å²) in [5.41, 5.74) is 4.68. The molecule has 1 amide bonds. The number of rotatable bonds is 5. The normalized spacial score (nSPS) is 16.7. The van der Waals surface area contributed by atoms with Crippen molar-refractivity contribution in [1.29, 1.82) is 0 Å². The van der Waals surface area contributed by atoms with Crippen molar-refractivity contribution >= 4 is 5.91 Å². The summed E-state index contributed by atoms with van der Waals surface area (Å²) < 4.78 is 0. The maximum absolute atomic E-state index is 10.9. The first kappa shape index (κ1) is 12.4. The highest BCUT2D eigenvalue weighted by atomic mass is 16.3. The molecule has 2 unspecified atom stereocenters. The number of carbonyl (C=O) groups excluding carboxylic acids is 1. The van der Waals surface area contributed by atoms with E-state index in [9.17, 15) is 9.90 Å². The van der Waals surface area contributed by atoms with E-state index in [1.807, 2.05) is 20.8 Å². The summed E-state index contributed by atoms with van der Waals surface area (Å²) in [6.07, 6.45) is 0.103. The van der Waals surface area contributed by atoms with Crippen LogP contribution < -0.4 is 11.1 Å². The molecule has 0 aliphatic carbocycles. The SMILES string of the molecule is CCC(NC(C)(C)C(C)O)C(N)=O. The largest absolute Gasteiger partial charge is 0.392 e. The fraction of sp³-hybridized carbons (Fsp3) is 0.889. The van der Waals surface area contributed by atoms with Crippen LogP contribution >= 0.6 is 0 Å². The molecular weight excluding hydrogens is 168 g/mol. The fourth-order valence-electron chi connectivity index (χ4n) is 0.944. The molecule has 0 aromatic rings. The van der Waals surface area contributed by atoms with Crippen molar-refractivity contribution in [3.63, 3.8) is 0 Å². The maximum atomic E-state index is 10.9. The Hall–Kier alpha value is -0.610. The van der Waals surface area contributed by atoms with Crippen LogP contribution in [0.1, 0.15) is 34.1 Å². The van der Waals surface area contributed by atoms with Gasteiger partial charge in [-0.3, -0.25) is 10.1 Å². The number of hydrogen-bond acceptors (Lipinski definition) is 3. The number of primary amides is 1. The van der Waals surface area contributed by atoms with Gasteiger partial charge in [-0.2, -0.15) is 0 Å². The molecule has 4 N–H and O–H groups in total. The van der Waals surface area contributed by atoms with Crippen LogP contribution in [-0.4, -0.2) is 28.7 Å². The van der Waals surface area contributed by atoms with E-state index in [0.29, 0.717) is 6.42 Å². The van der Waals surface area contributed by atoms with Crippen LogP contribution in [0.3, 0.4) is 0 Å². The van der Waals surface area contributed by atoms with E-state index < -0.39 is 11.6 Å². The highest BCUT2D eigenvalue weighted by Gasteiger charge is 2.28. The summed E-state index contributed by atoms with van der Waals surface area (Å²) in [5, 5.41) is 12.4. The Labute approximate surface area is 79.5 Å². The zero-order chi connectivity index (χ0) is 10.6. The summed E-state index contributed by atoms with van der Waals surface area (Å²) in [6.45, 7) is 7.23. The number of carbonyl (C=O) groups is 1. The minimum atomic E-state index is -0.527. The van der Waals surface area contributed by atoms with Gasteiger partial charge in [0, 0.05) is 5.54 Å². The maximum Gasteiger partial charge on any atom is 0.234 e. The van der Waals surface area contributed by atoms with Gasteiger partial charge in [-0.15, -0.1) is 0 Å². The van der Waals surface area contributed by atoms with E-state index in [1.54, 1.807) is 6.92 Å². The molecule has 2 atom stereocenters. The van der Waals surface area contributed by atoms with Gasteiger partial charge in [-0.25, -0.2) is 0 Å². The topological polar surface area (TPSA) is 75.3 Å². The molecule has 0 fully saturated rings. The highest BCUT2D eigenvalue weighted by Crippen LogP contribution is 2.10. The third-order valence-electron chi connectivity index (χ3n) is 2.34. The van der Waals surface area contributed by atoms with Crippen LogP contribution in [0.4, 0.5) is 0 Å². The molecule has 0 aliphatic rings. The first-order valence-corrected chi connectivity index (χ1v) is 4.56. The molecule has 0 heterocycles. The Kier molecular flexibility index (Phi) is 4.36. The van der Waals surface area contributed by atoms with Gasteiger partial charge in [-0.05, 0) is 27.2 Å². The third kappa shape index (κ3) is 3.74. The average molecular weight is 188 g/mol. The molecule has 0 saturated heterocycles. The summed E-state index contributed by atoms with van der Waals surface area (Å²) in [7, 11) is 0. The zero-order valence-corrected chi connectivity index (χ0v) is 8.79. The molecule has 4 nitrogen and oxygen atoms in total. The second-order valence-corrected chi connectivity index (χ2v) is 3.91. The monoisotopic (exact) mass is 188 g/mol. The van der Waals surface area contributed by atoms with Crippen molar-refractivity contribution in [3.05, 3.63) is 0 Å². The van der Waals surface area contributed by atoms with Gasteiger partial charge < -0.3 is 10.8 Å². The lowest BCUT2D eigenvalue weighted by Crippen LogP contribution is -2.56. The summed E-state index contributed by atoms with van der Waals surface area (Å²) in [5.74, 6) is -0.378. The lowest BCUT2D eigenvalue weighted by Gasteiger charge is -2.32. The van der Waals surface area contributed by atoms with Crippen molar-refractivity contribution in [2.24, 2.45) is 5.73 Å². The van der Waals surface area contributed by atoms with Gasteiger partial charge in [0.05, 0.1) is 12.1 Å². The van der Waals surface area contributed by atoms with Crippen LogP contribution in [0.15, 0.2) is 0 Å². The van der Waals surface area contributed by atoms with Crippen molar-refractivity contribution < 1.29 is 9.90 Å². The number of aliphatic hydroxyl groups is 1. The van der Waals surface area contributed by atoms with Crippen LogP contribution in [0, 0.1) is 0 Å². The van der Waals surface area contributed by atoms with Crippen LogP contribution in [0.5, 0.6) is 0 Å². The Morgan fingerprint density at radius 1 is 1.62 bits per heavy atom. The van der Waals surface area contributed by atoms with E-state index in [2.05, 4.69) is 5.32 Å². The van der Waals surface area contributed by atoms with E-state index in [4.69, 9.17) is 5.73 Å². The molecule has 0 aromatic carbocycles. The predicted molar refractivity (Wildman–Crippen MR) is 52.2 cm³/mol. The zero-order valence-electron chi connectivity index (χ0n) is 8.79. The molecule has 0 bridgehead atoms. The molecule has 0 spiro atoms. The van der Waals surface area contributed by atoms with Gasteiger partial charge in [0.1, 0.15) is 0 Å². The van der Waals surface area contributed by atoms with Gasteiger partial charge in [0.15, 0.2) is 0 Å². The second kappa shape index (κ2) is 4.58. The van der Waals surface area contributed by atoms with E-state index in [0.717, 1.165) is 0 Å². The predicted octanol–water partition coefficient (Wildman–Crippen LogP) is -0.000700. The smallest absolute Gasteiger partial charge is 0.234 e. The lowest BCUT2D eigenvalue weighted by atomic mass is 9.96. The van der Waals surface area contributed by atoms with Crippen molar-refractivity contribution in [3.8, 4) is 0 Å². The number of hydrogen-bond donors (Lipinski definition) is 3. The average Bonchev–Trinajstić information content (AvgIpc) is 1.99.